The molecular weight excluding hydrogens is 481 g/mol. The minimum absolute atomic E-state index is 0.156. The largest absolute Gasteiger partial charge is 0.332 e. The molecule has 3 aromatic rings. The molecule has 0 radical (unpaired) electrons. The number of benzene rings is 3. The highest BCUT2D eigenvalue weighted by Crippen LogP contribution is 2.31. The van der Waals surface area contributed by atoms with Crippen molar-refractivity contribution in [3.05, 3.63) is 101 Å². The predicted octanol–water partition coefficient (Wildman–Crippen LogP) is 4.78. The Bertz CT molecular complexity index is 1410. The van der Waals surface area contributed by atoms with Gasteiger partial charge in [-0.25, -0.2) is 14.1 Å². The third kappa shape index (κ3) is 5.99. The van der Waals surface area contributed by atoms with Crippen LogP contribution < -0.4 is 4.90 Å². The predicted molar refractivity (Wildman–Crippen MR) is 145 cm³/mol. The number of carbonyl (C=O) groups is 3. The zero-order valence-corrected chi connectivity index (χ0v) is 21.8. The van der Waals surface area contributed by atoms with Crippen LogP contribution in [0.1, 0.15) is 35.6 Å². The van der Waals surface area contributed by atoms with Crippen LogP contribution in [0, 0.1) is 24.6 Å². The van der Waals surface area contributed by atoms with Gasteiger partial charge < -0.3 is 14.6 Å². The summed E-state index contributed by atoms with van der Waals surface area (Å²) in [4.78, 5) is 42.8. The Morgan fingerprint density at radius 1 is 1.00 bits per heavy atom. The molecule has 1 atom stereocenters. The second-order valence-corrected chi connectivity index (χ2v) is 9.82. The molecule has 1 unspecified atom stereocenters. The molecule has 1 aliphatic heterocycles. The third-order valence-corrected chi connectivity index (χ3v) is 6.61. The Labute approximate surface area is 222 Å². The number of urea groups is 1. The molecule has 0 N–H and O–H groups in total. The number of carbonyl (C=O) groups excluding carboxylic acids is 3. The van der Waals surface area contributed by atoms with E-state index in [2.05, 4.69) is 17.9 Å². The molecule has 38 heavy (non-hydrogen) atoms. The Balaban J connectivity index is 1.53. The highest BCUT2D eigenvalue weighted by molar-refractivity contribution is 6.18. The number of hydrogen-bond donors (Lipinski definition) is 0. The smallest absolute Gasteiger partial charge is 0.310 e. The summed E-state index contributed by atoms with van der Waals surface area (Å²) in [6.07, 6.45) is 0.387. The summed E-state index contributed by atoms with van der Waals surface area (Å²) in [5.41, 5.74) is 2.02. The van der Waals surface area contributed by atoms with Crippen LogP contribution in [0.25, 0.3) is 0 Å². The first kappa shape index (κ1) is 26.8. The molecule has 3 amide bonds. The highest BCUT2D eigenvalue weighted by atomic mass is 19.1. The maximum atomic E-state index is 15.2. The Hall–Kier alpha value is -4.28. The van der Waals surface area contributed by atoms with Gasteiger partial charge in [0.2, 0.25) is 5.91 Å². The summed E-state index contributed by atoms with van der Waals surface area (Å²) in [6.45, 7) is 4.90. The van der Waals surface area contributed by atoms with Gasteiger partial charge in [-0.15, -0.1) is 0 Å². The number of aryl methyl sites for hydroxylation is 1. The minimum Gasteiger partial charge on any atom is -0.310 e. The quantitative estimate of drug-likeness (QED) is 0.338. The van der Waals surface area contributed by atoms with Crippen LogP contribution in [0.3, 0.4) is 0 Å². The van der Waals surface area contributed by atoms with Gasteiger partial charge in [0.05, 0.1) is 12.1 Å². The summed E-state index contributed by atoms with van der Waals surface area (Å²) in [5.74, 6) is 4.50. The van der Waals surface area contributed by atoms with Crippen molar-refractivity contribution in [1.29, 1.82) is 0 Å². The average Bonchev–Trinajstić information content (AvgIpc) is 2.89. The fourth-order valence-corrected chi connectivity index (χ4v) is 4.52. The van der Waals surface area contributed by atoms with Gasteiger partial charge in [-0.2, -0.15) is 0 Å². The van der Waals surface area contributed by atoms with Crippen LogP contribution in [-0.2, 0) is 16.1 Å². The van der Waals surface area contributed by atoms with Gasteiger partial charge in [-0.05, 0) is 56.8 Å². The van der Waals surface area contributed by atoms with Gasteiger partial charge in [-0.1, -0.05) is 59.9 Å². The molecule has 3 aromatic carbocycles. The fourth-order valence-electron chi connectivity index (χ4n) is 4.52. The number of rotatable bonds is 7. The lowest BCUT2D eigenvalue weighted by molar-refractivity contribution is -0.128. The maximum Gasteiger partial charge on any atom is 0.332 e. The third-order valence-electron chi connectivity index (χ3n) is 6.61. The van der Waals surface area contributed by atoms with Gasteiger partial charge in [0, 0.05) is 30.8 Å². The van der Waals surface area contributed by atoms with Crippen molar-refractivity contribution >= 4 is 23.9 Å². The van der Waals surface area contributed by atoms with Crippen molar-refractivity contribution in [3.8, 4) is 11.8 Å². The lowest BCUT2D eigenvalue weighted by Crippen LogP contribution is -2.64. The van der Waals surface area contributed by atoms with Crippen molar-refractivity contribution in [2.45, 2.75) is 32.4 Å². The Morgan fingerprint density at radius 3 is 2.42 bits per heavy atom. The molecule has 0 aliphatic carbocycles. The van der Waals surface area contributed by atoms with Crippen LogP contribution in [0.15, 0.2) is 72.8 Å². The summed E-state index contributed by atoms with van der Waals surface area (Å²) >= 11 is 0. The average molecular weight is 512 g/mol. The number of imide groups is 1. The molecule has 194 valence electrons. The number of anilines is 1. The van der Waals surface area contributed by atoms with E-state index in [-0.39, 0.29) is 18.7 Å². The van der Waals surface area contributed by atoms with Gasteiger partial charge in [0.1, 0.15) is 17.6 Å². The standard InChI is InChI=1S/C31H30FN3O3/c1-23-8-7-11-26(18-23)21-33(3)16-17-34-30(38)35(29(37)20-31(34,2)22-36)28-15-14-25(19-27(28)32)13-12-24-9-5-4-6-10-24/h4-11,14-15,18-19,22H,16-17,20-21H2,1-3H3. The van der Waals surface area contributed by atoms with Crippen LogP contribution in [-0.4, -0.2) is 53.7 Å². The summed E-state index contributed by atoms with van der Waals surface area (Å²) in [6, 6.07) is 20.9. The number of halogens is 1. The highest BCUT2D eigenvalue weighted by Gasteiger charge is 2.47. The molecule has 0 spiro atoms. The monoisotopic (exact) mass is 511 g/mol. The summed E-state index contributed by atoms with van der Waals surface area (Å²) < 4.78 is 15.2. The lowest BCUT2D eigenvalue weighted by Gasteiger charge is -2.44. The van der Waals surface area contributed by atoms with Crippen molar-refractivity contribution in [2.24, 2.45) is 0 Å². The Kier molecular flexibility index (Phi) is 8.04. The molecule has 6 nitrogen and oxygen atoms in total. The molecule has 1 saturated heterocycles. The fraction of sp³-hybridized carbons (Fsp3) is 0.258. The van der Waals surface area contributed by atoms with Crippen LogP contribution >= 0.6 is 0 Å². The molecule has 4 rings (SSSR count). The number of nitrogens with zero attached hydrogens (tertiary/aromatic N) is 3. The van der Waals surface area contributed by atoms with E-state index in [1.807, 2.05) is 67.4 Å². The molecule has 1 heterocycles. The van der Waals surface area contributed by atoms with Gasteiger partial charge in [0.25, 0.3) is 0 Å². The summed E-state index contributed by atoms with van der Waals surface area (Å²) in [7, 11) is 1.92. The number of aldehydes is 1. The van der Waals surface area contributed by atoms with Gasteiger partial charge in [0.15, 0.2) is 0 Å². The van der Waals surface area contributed by atoms with E-state index in [4.69, 9.17) is 0 Å². The second-order valence-electron chi connectivity index (χ2n) is 9.82. The molecule has 1 fully saturated rings. The van der Waals surface area contributed by atoms with Crippen molar-refractivity contribution in [1.82, 2.24) is 9.80 Å². The van der Waals surface area contributed by atoms with Crippen LogP contribution in [0.2, 0.25) is 0 Å². The van der Waals surface area contributed by atoms with E-state index in [0.717, 1.165) is 21.6 Å². The van der Waals surface area contributed by atoms with Crippen LogP contribution in [0.4, 0.5) is 14.9 Å². The van der Waals surface area contributed by atoms with E-state index < -0.39 is 23.3 Å². The summed E-state index contributed by atoms with van der Waals surface area (Å²) in [5, 5.41) is 0. The molecule has 1 aliphatic rings. The first-order valence-corrected chi connectivity index (χ1v) is 12.4. The lowest BCUT2D eigenvalue weighted by atomic mass is 9.93. The zero-order valence-electron chi connectivity index (χ0n) is 21.8. The van der Waals surface area contributed by atoms with E-state index in [0.29, 0.717) is 24.9 Å². The van der Waals surface area contributed by atoms with E-state index in [9.17, 15) is 14.4 Å². The maximum absolute atomic E-state index is 15.2. The number of hydrogen-bond acceptors (Lipinski definition) is 4. The first-order chi connectivity index (χ1) is 18.2. The van der Waals surface area contributed by atoms with E-state index in [1.165, 1.54) is 17.0 Å². The van der Waals surface area contributed by atoms with Crippen molar-refractivity contribution in [3.63, 3.8) is 0 Å². The molecule has 0 saturated carbocycles. The Morgan fingerprint density at radius 2 is 1.74 bits per heavy atom. The molecular formula is C31H30FN3O3. The van der Waals surface area contributed by atoms with Crippen LogP contribution in [0.5, 0.6) is 0 Å². The molecule has 0 bridgehead atoms. The number of likely N-dealkylation sites (N-methyl/N-ethyl adjacent to an activating group) is 1. The molecule has 7 heteroatoms. The minimum atomic E-state index is -1.31. The van der Waals surface area contributed by atoms with Crippen molar-refractivity contribution < 1.29 is 18.8 Å². The topological polar surface area (TPSA) is 60.9 Å². The second kappa shape index (κ2) is 11.4. The zero-order chi connectivity index (χ0) is 27.3. The first-order valence-electron chi connectivity index (χ1n) is 12.4. The SMILES string of the molecule is Cc1cccc(CN(C)CCN2C(=O)N(c3ccc(C#Cc4ccccc4)cc3F)C(=O)CC2(C)C=O)c1. The van der Waals surface area contributed by atoms with Gasteiger partial charge >= 0.3 is 6.03 Å². The normalized spacial score (nSPS) is 17.4. The molecule has 0 aromatic heterocycles. The van der Waals surface area contributed by atoms with E-state index in [1.54, 1.807) is 13.0 Å². The number of amides is 3. The van der Waals surface area contributed by atoms with Crippen molar-refractivity contribution in [2.75, 3.05) is 25.0 Å². The van der Waals surface area contributed by atoms with E-state index >= 15 is 4.39 Å². The van der Waals surface area contributed by atoms with Gasteiger partial charge in [-0.3, -0.25) is 4.79 Å².